The van der Waals surface area contributed by atoms with Crippen molar-refractivity contribution in [1.29, 1.82) is 5.26 Å². The smallest absolute Gasteiger partial charge is 0.258 e. The van der Waals surface area contributed by atoms with Crippen LogP contribution in [0.25, 0.3) is 22.3 Å². The lowest BCUT2D eigenvalue weighted by atomic mass is 10.1. The van der Waals surface area contributed by atoms with E-state index < -0.39 is 0 Å². The van der Waals surface area contributed by atoms with Gasteiger partial charge >= 0.3 is 0 Å². The Labute approximate surface area is 177 Å². The van der Waals surface area contributed by atoms with Gasteiger partial charge in [0.2, 0.25) is 5.95 Å². The standard InChI is InChI=1S/C21H20N8O2/c1-12(2)24-19(30)11-31-18-6-3-13(7-14(18)9-22)20-26-21(29-28-20)25-16-4-5-17-15(8-16)10-23-27-17/h3-8,10,12H,11H2,1-2H3,(H,23,27)(H,24,30)(H2,25,26,28,29). The fourth-order valence-electron chi connectivity index (χ4n) is 3.00. The zero-order valence-electron chi connectivity index (χ0n) is 16.9. The van der Waals surface area contributed by atoms with Crippen LogP contribution in [-0.2, 0) is 4.79 Å². The SMILES string of the molecule is CC(C)NC(=O)COc1ccc(-c2nnc(Nc3ccc4[nH]ncc4c3)[nH]2)cc1C#N. The minimum atomic E-state index is -0.248. The molecule has 4 aromatic rings. The third-order valence-corrected chi connectivity index (χ3v) is 4.37. The van der Waals surface area contributed by atoms with Crippen molar-refractivity contribution in [3.05, 3.63) is 48.2 Å². The van der Waals surface area contributed by atoms with Gasteiger partial charge in [-0.05, 0) is 50.2 Å². The van der Waals surface area contributed by atoms with Gasteiger partial charge in [0, 0.05) is 22.7 Å². The van der Waals surface area contributed by atoms with Crippen molar-refractivity contribution in [2.75, 3.05) is 11.9 Å². The van der Waals surface area contributed by atoms with E-state index >= 15 is 0 Å². The molecule has 4 rings (SSSR count). The van der Waals surface area contributed by atoms with Gasteiger partial charge in [-0.3, -0.25) is 9.89 Å². The Morgan fingerprint density at radius 1 is 1.23 bits per heavy atom. The van der Waals surface area contributed by atoms with Crippen LogP contribution in [0.1, 0.15) is 19.4 Å². The number of nitrogens with one attached hydrogen (secondary N) is 4. The summed E-state index contributed by atoms with van der Waals surface area (Å²) in [5.74, 6) is 1.04. The maximum atomic E-state index is 11.8. The maximum Gasteiger partial charge on any atom is 0.258 e. The molecule has 0 saturated carbocycles. The summed E-state index contributed by atoms with van der Waals surface area (Å²) in [4.78, 5) is 14.9. The Bertz CT molecular complexity index is 1270. The summed E-state index contributed by atoms with van der Waals surface area (Å²) in [6.07, 6.45) is 1.74. The van der Waals surface area contributed by atoms with E-state index in [1.165, 1.54) is 0 Å². The quantitative estimate of drug-likeness (QED) is 0.362. The van der Waals surface area contributed by atoms with Crippen LogP contribution in [0.3, 0.4) is 0 Å². The van der Waals surface area contributed by atoms with E-state index in [4.69, 9.17) is 4.74 Å². The van der Waals surface area contributed by atoms with Crippen LogP contribution in [0.5, 0.6) is 5.75 Å². The van der Waals surface area contributed by atoms with Gasteiger partial charge in [-0.15, -0.1) is 10.2 Å². The van der Waals surface area contributed by atoms with Crippen LogP contribution in [0.4, 0.5) is 11.6 Å². The molecule has 31 heavy (non-hydrogen) atoms. The summed E-state index contributed by atoms with van der Waals surface area (Å²) < 4.78 is 5.49. The van der Waals surface area contributed by atoms with E-state index in [1.807, 2.05) is 32.0 Å². The molecule has 0 atom stereocenters. The molecule has 0 fully saturated rings. The van der Waals surface area contributed by atoms with Gasteiger partial charge in [0.25, 0.3) is 5.91 Å². The Morgan fingerprint density at radius 3 is 2.90 bits per heavy atom. The molecule has 0 bridgehead atoms. The minimum absolute atomic E-state index is 0.0183. The van der Waals surface area contributed by atoms with Crippen LogP contribution in [-0.4, -0.2) is 43.9 Å². The number of anilines is 2. The Morgan fingerprint density at radius 2 is 2.10 bits per heavy atom. The predicted molar refractivity (Wildman–Crippen MR) is 115 cm³/mol. The molecule has 0 aliphatic heterocycles. The molecule has 0 aliphatic carbocycles. The number of aromatic amines is 2. The highest BCUT2D eigenvalue weighted by atomic mass is 16.5. The van der Waals surface area contributed by atoms with Gasteiger partial charge in [-0.1, -0.05) is 0 Å². The normalized spacial score (nSPS) is 10.8. The lowest BCUT2D eigenvalue weighted by Crippen LogP contribution is -2.34. The lowest BCUT2D eigenvalue weighted by Gasteiger charge is -2.11. The number of hydrogen-bond acceptors (Lipinski definition) is 7. The van der Waals surface area contributed by atoms with E-state index in [9.17, 15) is 10.1 Å². The van der Waals surface area contributed by atoms with Crippen LogP contribution in [0.15, 0.2) is 42.6 Å². The van der Waals surface area contributed by atoms with Crippen LogP contribution < -0.4 is 15.4 Å². The molecular weight excluding hydrogens is 396 g/mol. The molecule has 0 spiro atoms. The molecule has 0 unspecified atom stereocenters. The Balaban J connectivity index is 1.47. The molecular formula is C21H20N8O2. The topological polar surface area (TPSA) is 144 Å². The first-order valence-electron chi connectivity index (χ1n) is 9.61. The molecule has 156 valence electrons. The van der Waals surface area contributed by atoms with Crippen molar-refractivity contribution in [3.63, 3.8) is 0 Å². The summed E-state index contributed by atoms with van der Waals surface area (Å²) >= 11 is 0. The number of nitriles is 1. The molecule has 2 aromatic heterocycles. The first-order chi connectivity index (χ1) is 15.0. The fourth-order valence-corrected chi connectivity index (χ4v) is 3.00. The average molecular weight is 416 g/mol. The Kier molecular flexibility index (Phi) is 5.49. The number of carbonyl (C=O) groups is 1. The number of nitrogens with zero attached hydrogens (tertiary/aromatic N) is 4. The molecule has 10 heteroatoms. The monoisotopic (exact) mass is 416 g/mol. The summed E-state index contributed by atoms with van der Waals surface area (Å²) in [7, 11) is 0. The molecule has 2 heterocycles. The third-order valence-electron chi connectivity index (χ3n) is 4.37. The highest BCUT2D eigenvalue weighted by Crippen LogP contribution is 2.26. The fraction of sp³-hybridized carbons (Fsp3) is 0.190. The Hall–Kier alpha value is -4.39. The molecule has 2 aromatic carbocycles. The summed E-state index contributed by atoms with van der Waals surface area (Å²) in [5, 5.41) is 31.5. The molecule has 10 nitrogen and oxygen atoms in total. The first-order valence-corrected chi connectivity index (χ1v) is 9.61. The first kappa shape index (κ1) is 19.9. The van der Waals surface area contributed by atoms with E-state index in [2.05, 4.69) is 42.1 Å². The summed E-state index contributed by atoms with van der Waals surface area (Å²) in [5.41, 5.74) is 2.74. The van der Waals surface area contributed by atoms with Gasteiger partial charge in [0.1, 0.15) is 11.8 Å². The number of ether oxygens (including phenoxy) is 1. The number of amides is 1. The third kappa shape index (κ3) is 4.62. The number of benzene rings is 2. The lowest BCUT2D eigenvalue weighted by molar-refractivity contribution is -0.123. The predicted octanol–water partition coefficient (Wildman–Crippen LogP) is 2.87. The van der Waals surface area contributed by atoms with Gasteiger partial charge in [-0.25, -0.2) is 0 Å². The van der Waals surface area contributed by atoms with Gasteiger partial charge in [-0.2, -0.15) is 10.4 Å². The number of aromatic nitrogens is 5. The minimum Gasteiger partial charge on any atom is -0.482 e. The number of rotatable bonds is 7. The highest BCUT2D eigenvalue weighted by Gasteiger charge is 2.12. The summed E-state index contributed by atoms with van der Waals surface area (Å²) in [6, 6.07) is 12.9. The van der Waals surface area contributed by atoms with Crippen molar-refractivity contribution in [2.24, 2.45) is 0 Å². The van der Waals surface area contributed by atoms with Crippen molar-refractivity contribution < 1.29 is 9.53 Å². The molecule has 0 saturated heterocycles. The van der Waals surface area contributed by atoms with Gasteiger partial charge in [0.05, 0.1) is 17.3 Å². The zero-order chi connectivity index (χ0) is 21.8. The highest BCUT2D eigenvalue weighted by molar-refractivity contribution is 5.82. The number of hydrogen-bond donors (Lipinski definition) is 4. The van der Waals surface area contributed by atoms with Crippen LogP contribution in [0, 0.1) is 11.3 Å². The molecule has 4 N–H and O–H groups in total. The number of H-pyrrole nitrogens is 2. The largest absolute Gasteiger partial charge is 0.482 e. The van der Waals surface area contributed by atoms with Crippen molar-refractivity contribution in [3.8, 4) is 23.2 Å². The van der Waals surface area contributed by atoms with Crippen molar-refractivity contribution in [2.45, 2.75) is 19.9 Å². The van der Waals surface area contributed by atoms with Crippen molar-refractivity contribution >= 4 is 28.4 Å². The van der Waals surface area contributed by atoms with Gasteiger partial charge < -0.3 is 20.4 Å². The van der Waals surface area contributed by atoms with E-state index in [0.717, 1.165) is 16.6 Å². The second-order valence-electron chi connectivity index (χ2n) is 7.15. The molecule has 0 aliphatic rings. The maximum absolute atomic E-state index is 11.8. The molecule has 1 amide bonds. The molecule has 0 radical (unpaired) electrons. The van der Waals surface area contributed by atoms with E-state index in [1.54, 1.807) is 24.4 Å². The second-order valence-corrected chi connectivity index (χ2v) is 7.15. The zero-order valence-corrected chi connectivity index (χ0v) is 16.9. The number of carbonyl (C=O) groups excluding carboxylic acids is 1. The summed E-state index contributed by atoms with van der Waals surface area (Å²) in [6.45, 7) is 3.57. The van der Waals surface area contributed by atoms with E-state index in [-0.39, 0.29) is 18.6 Å². The number of fused-ring (bicyclic) bond motifs is 1. The van der Waals surface area contributed by atoms with Crippen LogP contribution >= 0.6 is 0 Å². The van der Waals surface area contributed by atoms with Gasteiger partial charge in [0.15, 0.2) is 12.4 Å². The average Bonchev–Trinajstić information content (AvgIpc) is 3.41. The van der Waals surface area contributed by atoms with E-state index in [0.29, 0.717) is 28.6 Å². The second kappa shape index (κ2) is 8.54. The van der Waals surface area contributed by atoms with Crippen LogP contribution in [0.2, 0.25) is 0 Å². The van der Waals surface area contributed by atoms with Crippen molar-refractivity contribution in [1.82, 2.24) is 30.7 Å².